The van der Waals surface area contributed by atoms with Crippen LogP contribution in [0.3, 0.4) is 0 Å². The Balaban J connectivity index is 2.56. The molecule has 0 aliphatic carbocycles. The van der Waals surface area contributed by atoms with Crippen molar-refractivity contribution >= 4 is 40.2 Å². The third kappa shape index (κ3) is 9.00. The van der Waals surface area contributed by atoms with Crippen molar-refractivity contribution in [3.8, 4) is 0 Å². The first-order valence-electron chi connectivity index (χ1n) is 8.87. The zero-order valence-corrected chi connectivity index (χ0v) is 20.5. The fraction of sp³-hybridized carbons (Fsp3) is 0.600. The summed E-state index contributed by atoms with van der Waals surface area (Å²) in [5.41, 5.74) is 1.19. The molecule has 0 N–H and O–H groups in total. The lowest BCUT2D eigenvalue weighted by molar-refractivity contribution is 0.0559. The van der Waals surface area contributed by atoms with Gasteiger partial charge in [0, 0.05) is 6.10 Å². The lowest BCUT2D eigenvalue weighted by Crippen LogP contribution is -2.43. The van der Waals surface area contributed by atoms with Crippen molar-refractivity contribution in [1.29, 1.82) is 0 Å². The lowest BCUT2D eigenvalue weighted by Gasteiger charge is -2.38. The third-order valence-corrected chi connectivity index (χ3v) is 9.91. The number of halogens is 2. The minimum atomic E-state index is -1.72. The maximum Gasteiger partial charge on any atom is 0.192 e. The standard InChI is InChI=1S/C20H32Br2O2Si/c1-16(24-25(5,6)20(2,3)4)12-13-18(14-19(21)22)23-15-17-10-8-7-9-11-17/h7-11,14,16,18H,12-13,15H2,1-6H3/t16-,18+/m1/s1. The highest BCUT2D eigenvalue weighted by Gasteiger charge is 2.38. The second-order valence-electron chi connectivity index (χ2n) is 8.06. The van der Waals surface area contributed by atoms with E-state index in [1.807, 2.05) is 18.2 Å². The monoisotopic (exact) mass is 490 g/mol. The third-order valence-electron chi connectivity index (χ3n) is 4.78. The van der Waals surface area contributed by atoms with Crippen molar-refractivity contribution in [3.05, 3.63) is 45.4 Å². The molecule has 0 bridgehead atoms. The van der Waals surface area contributed by atoms with Crippen LogP contribution in [-0.4, -0.2) is 20.5 Å². The van der Waals surface area contributed by atoms with E-state index in [0.717, 1.165) is 16.2 Å². The first kappa shape index (κ1) is 23.1. The molecule has 1 aromatic rings. The van der Waals surface area contributed by atoms with Gasteiger partial charge in [-0.1, -0.05) is 51.1 Å². The fourth-order valence-corrected chi connectivity index (χ4v) is 4.34. The Morgan fingerprint density at radius 3 is 2.24 bits per heavy atom. The molecular formula is C20H32Br2O2Si. The van der Waals surface area contributed by atoms with E-state index in [4.69, 9.17) is 9.16 Å². The molecule has 0 saturated heterocycles. The molecule has 0 saturated carbocycles. The molecule has 142 valence electrons. The average molecular weight is 492 g/mol. The van der Waals surface area contributed by atoms with Crippen LogP contribution >= 0.6 is 31.9 Å². The average Bonchev–Trinajstić information content (AvgIpc) is 2.49. The molecule has 1 aromatic carbocycles. The van der Waals surface area contributed by atoms with Gasteiger partial charge in [0.25, 0.3) is 0 Å². The Morgan fingerprint density at radius 2 is 1.72 bits per heavy atom. The zero-order valence-electron chi connectivity index (χ0n) is 16.3. The first-order chi connectivity index (χ1) is 11.5. The van der Waals surface area contributed by atoms with Gasteiger partial charge in [0.1, 0.15) is 0 Å². The predicted octanol–water partition coefficient (Wildman–Crippen LogP) is 7.39. The zero-order chi connectivity index (χ0) is 19.1. The fourth-order valence-electron chi connectivity index (χ4n) is 2.27. The number of rotatable bonds is 9. The predicted molar refractivity (Wildman–Crippen MR) is 118 cm³/mol. The normalized spacial score (nSPS) is 14.9. The maximum atomic E-state index is 6.46. The van der Waals surface area contributed by atoms with Gasteiger partial charge >= 0.3 is 0 Å². The molecule has 5 heteroatoms. The number of hydrogen-bond acceptors (Lipinski definition) is 2. The molecule has 1 rings (SSSR count). The van der Waals surface area contributed by atoms with E-state index in [0.29, 0.717) is 6.61 Å². The van der Waals surface area contributed by atoms with Crippen LogP contribution in [0.5, 0.6) is 0 Å². The van der Waals surface area contributed by atoms with Crippen LogP contribution in [0.2, 0.25) is 18.1 Å². The molecule has 0 heterocycles. The van der Waals surface area contributed by atoms with Gasteiger partial charge in [0.2, 0.25) is 0 Å². The smallest absolute Gasteiger partial charge is 0.192 e. The summed E-state index contributed by atoms with van der Waals surface area (Å²) in [5, 5.41) is 0.239. The quantitative estimate of drug-likeness (QED) is 0.335. The highest BCUT2D eigenvalue weighted by atomic mass is 79.9. The van der Waals surface area contributed by atoms with E-state index in [-0.39, 0.29) is 17.2 Å². The van der Waals surface area contributed by atoms with Crippen LogP contribution in [0.25, 0.3) is 0 Å². The molecule has 0 unspecified atom stereocenters. The van der Waals surface area contributed by atoms with Gasteiger partial charge < -0.3 is 9.16 Å². The Kier molecular flexibility index (Phi) is 9.61. The van der Waals surface area contributed by atoms with Crippen molar-refractivity contribution < 1.29 is 9.16 Å². The van der Waals surface area contributed by atoms with Crippen LogP contribution in [0, 0.1) is 0 Å². The summed E-state index contributed by atoms with van der Waals surface area (Å²) in [6, 6.07) is 10.3. The van der Waals surface area contributed by atoms with E-state index >= 15 is 0 Å². The minimum Gasteiger partial charge on any atom is -0.414 e. The van der Waals surface area contributed by atoms with Crippen LogP contribution < -0.4 is 0 Å². The second kappa shape index (κ2) is 10.4. The van der Waals surface area contributed by atoms with Gasteiger partial charge in [-0.05, 0) is 81.4 Å². The molecule has 0 aliphatic rings. The number of ether oxygens (including phenoxy) is 1. The van der Waals surface area contributed by atoms with Crippen LogP contribution in [0.15, 0.2) is 39.8 Å². The Morgan fingerprint density at radius 1 is 1.12 bits per heavy atom. The largest absolute Gasteiger partial charge is 0.414 e. The lowest BCUT2D eigenvalue weighted by atomic mass is 10.1. The van der Waals surface area contributed by atoms with Crippen LogP contribution in [0.1, 0.15) is 46.1 Å². The summed E-state index contributed by atoms with van der Waals surface area (Å²) in [5.74, 6) is 0. The molecule has 0 radical (unpaired) electrons. The summed E-state index contributed by atoms with van der Waals surface area (Å²) in [6.07, 6.45) is 4.28. The summed E-state index contributed by atoms with van der Waals surface area (Å²) in [6.45, 7) is 14.3. The summed E-state index contributed by atoms with van der Waals surface area (Å²) in [7, 11) is -1.72. The minimum absolute atomic E-state index is 0.0550. The molecule has 25 heavy (non-hydrogen) atoms. The van der Waals surface area contributed by atoms with Gasteiger partial charge in [-0.25, -0.2) is 0 Å². The Hall–Kier alpha value is 0.0569. The van der Waals surface area contributed by atoms with Crippen molar-refractivity contribution in [2.45, 2.75) is 77.5 Å². The first-order valence-corrected chi connectivity index (χ1v) is 13.4. The highest BCUT2D eigenvalue weighted by Crippen LogP contribution is 2.37. The molecule has 0 aliphatic heterocycles. The summed E-state index contributed by atoms with van der Waals surface area (Å²) >= 11 is 6.91. The van der Waals surface area contributed by atoms with Crippen molar-refractivity contribution in [2.75, 3.05) is 0 Å². The van der Waals surface area contributed by atoms with Gasteiger partial charge in [0.15, 0.2) is 8.32 Å². The van der Waals surface area contributed by atoms with Crippen molar-refractivity contribution in [3.63, 3.8) is 0 Å². The van der Waals surface area contributed by atoms with Crippen LogP contribution in [0.4, 0.5) is 0 Å². The van der Waals surface area contributed by atoms with Crippen molar-refractivity contribution in [2.24, 2.45) is 0 Å². The number of benzene rings is 1. The number of hydrogen-bond donors (Lipinski definition) is 0. The molecule has 0 spiro atoms. The van der Waals surface area contributed by atoms with E-state index in [1.165, 1.54) is 5.56 Å². The van der Waals surface area contributed by atoms with E-state index < -0.39 is 8.32 Å². The van der Waals surface area contributed by atoms with Gasteiger partial charge in [-0.3, -0.25) is 0 Å². The molecule has 0 aromatic heterocycles. The topological polar surface area (TPSA) is 18.5 Å². The van der Waals surface area contributed by atoms with Gasteiger partial charge in [0.05, 0.1) is 16.1 Å². The molecule has 2 nitrogen and oxygen atoms in total. The van der Waals surface area contributed by atoms with E-state index in [1.54, 1.807) is 0 Å². The molecule has 0 amide bonds. The molecular weight excluding hydrogens is 460 g/mol. The molecule has 0 fully saturated rings. The Bertz CT molecular complexity index is 534. The van der Waals surface area contributed by atoms with E-state index in [9.17, 15) is 0 Å². The Labute approximate surface area is 171 Å². The SMILES string of the molecule is C[C@H](CC[C@@H](C=C(Br)Br)OCc1ccccc1)O[Si](C)(C)C(C)(C)C. The van der Waals surface area contributed by atoms with Crippen LogP contribution in [-0.2, 0) is 15.8 Å². The molecule has 2 atom stereocenters. The van der Waals surface area contributed by atoms with Crippen molar-refractivity contribution in [1.82, 2.24) is 0 Å². The second-order valence-corrected chi connectivity index (χ2v) is 15.6. The summed E-state index contributed by atoms with van der Waals surface area (Å²) < 4.78 is 13.5. The van der Waals surface area contributed by atoms with E-state index in [2.05, 4.69) is 90.9 Å². The van der Waals surface area contributed by atoms with Gasteiger partial charge in [-0.15, -0.1) is 0 Å². The highest BCUT2D eigenvalue weighted by molar-refractivity contribution is 9.28. The summed E-state index contributed by atoms with van der Waals surface area (Å²) in [4.78, 5) is 0. The maximum absolute atomic E-state index is 6.46. The van der Waals surface area contributed by atoms with Gasteiger partial charge in [-0.2, -0.15) is 0 Å².